The lowest BCUT2D eigenvalue weighted by Gasteiger charge is -2.10. The summed E-state index contributed by atoms with van der Waals surface area (Å²) in [4.78, 5) is -0.144. The molecule has 0 radical (unpaired) electrons. The maximum absolute atomic E-state index is 12.3. The van der Waals surface area contributed by atoms with Crippen LogP contribution in [0.1, 0.15) is 5.56 Å². The molecule has 5 nitrogen and oxygen atoms in total. The zero-order valence-electron chi connectivity index (χ0n) is 10.2. The van der Waals surface area contributed by atoms with Gasteiger partial charge < -0.3 is 5.73 Å². The maximum atomic E-state index is 12.3. The van der Waals surface area contributed by atoms with Crippen molar-refractivity contribution in [1.82, 2.24) is 0 Å². The molecule has 3 N–H and O–H groups in total. The molecule has 20 heavy (non-hydrogen) atoms. The average molecular weight is 308 g/mol. The molecule has 0 spiro atoms. The first-order valence-electron chi connectivity index (χ1n) is 5.51. The number of benzene rings is 2. The van der Waals surface area contributed by atoms with Gasteiger partial charge in [-0.1, -0.05) is 23.7 Å². The van der Waals surface area contributed by atoms with E-state index in [1.807, 2.05) is 6.07 Å². The Morgan fingerprint density at radius 1 is 1.20 bits per heavy atom. The Morgan fingerprint density at radius 3 is 2.55 bits per heavy atom. The lowest BCUT2D eigenvalue weighted by Crippen LogP contribution is -2.14. The smallest absolute Gasteiger partial charge is 0.263 e. The van der Waals surface area contributed by atoms with Gasteiger partial charge >= 0.3 is 0 Å². The van der Waals surface area contributed by atoms with Gasteiger partial charge in [-0.2, -0.15) is 5.26 Å². The number of nitrogen functional groups attached to an aromatic ring is 1. The van der Waals surface area contributed by atoms with Crippen LogP contribution in [0.15, 0.2) is 47.4 Å². The van der Waals surface area contributed by atoms with Crippen LogP contribution in [0, 0.1) is 11.3 Å². The summed E-state index contributed by atoms with van der Waals surface area (Å²) in [5.74, 6) is 0. The van der Waals surface area contributed by atoms with Gasteiger partial charge in [-0.15, -0.1) is 0 Å². The largest absolute Gasteiger partial charge is 0.399 e. The van der Waals surface area contributed by atoms with E-state index < -0.39 is 10.0 Å². The van der Waals surface area contributed by atoms with Gasteiger partial charge in [0.15, 0.2) is 0 Å². The van der Waals surface area contributed by atoms with Crippen LogP contribution in [0.5, 0.6) is 0 Å². The highest BCUT2D eigenvalue weighted by Crippen LogP contribution is 2.25. The Balaban J connectivity index is 2.47. The minimum atomic E-state index is -3.91. The van der Waals surface area contributed by atoms with E-state index >= 15 is 0 Å². The van der Waals surface area contributed by atoms with Crippen LogP contribution < -0.4 is 10.5 Å². The zero-order valence-corrected chi connectivity index (χ0v) is 11.7. The summed E-state index contributed by atoms with van der Waals surface area (Å²) in [6.45, 7) is 0. The number of para-hydroxylation sites is 1. The van der Waals surface area contributed by atoms with Crippen molar-refractivity contribution in [3.8, 4) is 6.07 Å². The van der Waals surface area contributed by atoms with Crippen molar-refractivity contribution in [2.75, 3.05) is 10.5 Å². The lowest BCUT2D eigenvalue weighted by molar-refractivity contribution is 0.601. The lowest BCUT2D eigenvalue weighted by atomic mass is 10.2. The van der Waals surface area contributed by atoms with Crippen LogP contribution in [0.3, 0.4) is 0 Å². The number of nitriles is 1. The SMILES string of the molecule is N#Cc1cc(N)ccc1S(=O)(=O)Nc1ccccc1Cl. The number of nitrogens with two attached hydrogens (primary N) is 1. The second-order valence-corrected chi connectivity index (χ2v) is 6.01. The zero-order chi connectivity index (χ0) is 14.8. The second kappa shape index (κ2) is 5.41. The molecule has 2 aromatic rings. The third kappa shape index (κ3) is 2.85. The number of hydrogen-bond acceptors (Lipinski definition) is 4. The minimum absolute atomic E-state index is 0.0236. The van der Waals surface area contributed by atoms with Gasteiger partial charge in [0.2, 0.25) is 0 Å². The third-order valence-electron chi connectivity index (χ3n) is 2.53. The van der Waals surface area contributed by atoms with Crippen LogP contribution in [0.25, 0.3) is 0 Å². The number of rotatable bonds is 3. The molecule has 0 saturated carbocycles. The Morgan fingerprint density at radius 2 is 1.90 bits per heavy atom. The summed E-state index contributed by atoms with van der Waals surface area (Å²) in [7, 11) is -3.91. The monoisotopic (exact) mass is 307 g/mol. The predicted molar refractivity (Wildman–Crippen MR) is 77.8 cm³/mol. The summed E-state index contributed by atoms with van der Waals surface area (Å²) < 4.78 is 26.9. The molecule has 7 heteroatoms. The van der Waals surface area contributed by atoms with Crippen molar-refractivity contribution in [2.45, 2.75) is 4.90 Å². The number of sulfonamides is 1. The molecule has 0 saturated heterocycles. The normalized spacial score (nSPS) is 10.8. The van der Waals surface area contributed by atoms with Crippen LogP contribution in [0.2, 0.25) is 5.02 Å². The summed E-state index contributed by atoms with van der Waals surface area (Å²) in [5, 5.41) is 9.27. The van der Waals surface area contributed by atoms with Crippen LogP contribution in [0.4, 0.5) is 11.4 Å². The van der Waals surface area contributed by atoms with E-state index in [0.717, 1.165) is 0 Å². The van der Waals surface area contributed by atoms with E-state index in [1.54, 1.807) is 18.2 Å². The van der Waals surface area contributed by atoms with Crippen LogP contribution >= 0.6 is 11.6 Å². The molecule has 0 aliphatic rings. The van der Waals surface area contributed by atoms with Crippen molar-refractivity contribution < 1.29 is 8.42 Å². The molecule has 0 aliphatic heterocycles. The molecular formula is C13H10ClN3O2S. The van der Waals surface area contributed by atoms with E-state index in [-0.39, 0.29) is 21.2 Å². The number of anilines is 2. The maximum Gasteiger partial charge on any atom is 0.263 e. The predicted octanol–water partition coefficient (Wildman–Crippen LogP) is 2.59. The highest BCUT2D eigenvalue weighted by Gasteiger charge is 2.19. The van der Waals surface area contributed by atoms with Crippen molar-refractivity contribution in [3.05, 3.63) is 53.1 Å². The van der Waals surface area contributed by atoms with E-state index in [1.165, 1.54) is 24.3 Å². The first kappa shape index (κ1) is 14.2. The Bertz CT molecular complexity index is 798. The van der Waals surface area contributed by atoms with Crippen molar-refractivity contribution in [3.63, 3.8) is 0 Å². The van der Waals surface area contributed by atoms with E-state index in [9.17, 15) is 8.42 Å². The summed E-state index contributed by atoms with van der Waals surface area (Å²) in [5.41, 5.74) is 6.08. The number of nitrogens with zero attached hydrogens (tertiary/aromatic N) is 1. The van der Waals surface area contributed by atoms with E-state index in [4.69, 9.17) is 22.6 Å². The molecule has 0 aromatic heterocycles. The molecule has 0 fully saturated rings. The number of nitrogens with one attached hydrogen (secondary N) is 1. The van der Waals surface area contributed by atoms with Gasteiger partial charge in [-0.3, -0.25) is 4.72 Å². The first-order chi connectivity index (χ1) is 9.44. The van der Waals surface area contributed by atoms with Gasteiger partial charge in [0.1, 0.15) is 11.0 Å². The average Bonchev–Trinajstić information content (AvgIpc) is 2.40. The summed E-state index contributed by atoms with van der Waals surface area (Å²) in [6, 6.07) is 12.3. The standard InChI is InChI=1S/C13H10ClN3O2S/c14-11-3-1-2-4-12(11)17-20(18,19)13-6-5-10(16)7-9(13)8-15/h1-7,17H,16H2. The van der Waals surface area contributed by atoms with Gasteiger partial charge in [0.05, 0.1) is 16.3 Å². The van der Waals surface area contributed by atoms with Crippen molar-refractivity contribution in [1.29, 1.82) is 5.26 Å². The molecule has 2 rings (SSSR count). The topological polar surface area (TPSA) is 96.0 Å². The molecule has 0 amide bonds. The van der Waals surface area contributed by atoms with Gasteiger partial charge in [-0.05, 0) is 30.3 Å². The molecule has 0 unspecified atom stereocenters. The van der Waals surface area contributed by atoms with Gasteiger partial charge in [0, 0.05) is 5.69 Å². The first-order valence-corrected chi connectivity index (χ1v) is 7.37. The summed E-state index contributed by atoms with van der Waals surface area (Å²) in [6.07, 6.45) is 0. The second-order valence-electron chi connectivity index (χ2n) is 3.95. The molecule has 102 valence electrons. The number of hydrogen-bond donors (Lipinski definition) is 2. The molecule has 0 heterocycles. The third-order valence-corrected chi connectivity index (χ3v) is 4.29. The van der Waals surface area contributed by atoms with E-state index in [0.29, 0.717) is 5.69 Å². The van der Waals surface area contributed by atoms with Gasteiger partial charge in [-0.25, -0.2) is 8.42 Å². The fraction of sp³-hybridized carbons (Fsp3) is 0. The Kier molecular flexibility index (Phi) is 3.84. The molecule has 0 aliphatic carbocycles. The fourth-order valence-corrected chi connectivity index (χ4v) is 3.07. The molecule has 0 atom stereocenters. The minimum Gasteiger partial charge on any atom is -0.399 e. The highest BCUT2D eigenvalue weighted by molar-refractivity contribution is 7.92. The van der Waals surface area contributed by atoms with Crippen molar-refractivity contribution >= 4 is 33.0 Å². The number of halogens is 1. The quantitative estimate of drug-likeness (QED) is 0.852. The Hall–Kier alpha value is -2.23. The molecule has 2 aromatic carbocycles. The fourth-order valence-electron chi connectivity index (χ4n) is 1.61. The van der Waals surface area contributed by atoms with Crippen LogP contribution in [-0.4, -0.2) is 8.42 Å². The van der Waals surface area contributed by atoms with Crippen molar-refractivity contribution in [2.24, 2.45) is 0 Å². The highest BCUT2D eigenvalue weighted by atomic mass is 35.5. The van der Waals surface area contributed by atoms with E-state index in [2.05, 4.69) is 4.72 Å². The molecule has 0 bridgehead atoms. The molecular weight excluding hydrogens is 298 g/mol. The van der Waals surface area contributed by atoms with Crippen LogP contribution in [-0.2, 0) is 10.0 Å². The Labute approximate surface area is 121 Å². The summed E-state index contributed by atoms with van der Waals surface area (Å²) >= 11 is 5.90. The van der Waals surface area contributed by atoms with Gasteiger partial charge in [0.25, 0.3) is 10.0 Å².